The van der Waals surface area contributed by atoms with Crippen molar-refractivity contribution in [2.75, 3.05) is 19.9 Å². The van der Waals surface area contributed by atoms with Crippen molar-refractivity contribution in [1.82, 2.24) is 10.6 Å². The van der Waals surface area contributed by atoms with Gasteiger partial charge in [0.25, 0.3) is 5.91 Å². The molecule has 0 aromatic heterocycles. The van der Waals surface area contributed by atoms with Crippen LogP contribution in [0, 0.1) is 0 Å². The number of benzene rings is 2. The van der Waals surface area contributed by atoms with Crippen LogP contribution in [0.5, 0.6) is 11.5 Å². The minimum atomic E-state index is -0.187. The molecule has 24 heavy (non-hydrogen) atoms. The number of fused-ring (bicyclic) bond motifs is 1. The number of halogens is 2. The van der Waals surface area contributed by atoms with E-state index in [1.54, 1.807) is 18.2 Å². The Kier molecular flexibility index (Phi) is 5.45. The molecule has 0 fully saturated rings. The van der Waals surface area contributed by atoms with Crippen LogP contribution in [-0.2, 0) is 6.54 Å². The van der Waals surface area contributed by atoms with E-state index in [2.05, 4.69) is 10.6 Å². The van der Waals surface area contributed by atoms with Gasteiger partial charge in [-0.25, -0.2) is 0 Å². The topological polar surface area (TPSA) is 59.6 Å². The summed E-state index contributed by atoms with van der Waals surface area (Å²) in [5, 5.41) is 6.88. The summed E-state index contributed by atoms with van der Waals surface area (Å²) in [6.45, 7) is 2.00. The highest BCUT2D eigenvalue weighted by atomic mass is 35.5. The molecule has 0 atom stereocenters. The Labute approximate surface area is 149 Å². The van der Waals surface area contributed by atoms with Gasteiger partial charge < -0.3 is 20.1 Å². The van der Waals surface area contributed by atoms with E-state index in [-0.39, 0.29) is 12.7 Å². The van der Waals surface area contributed by atoms with Gasteiger partial charge in [0.05, 0.1) is 10.0 Å². The summed E-state index contributed by atoms with van der Waals surface area (Å²) in [7, 11) is 0. The van der Waals surface area contributed by atoms with E-state index >= 15 is 0 Å². The number of carbonyl (C=O) groups excluding carboxylic acids is 1. The smallest absolute Gasteiger partial charge is 0.251 e. The van der Waals surface area contributed by atoms with Gasteiger partial charge in [-0.05, 0) is 24.3 Å². The molecule has 2 N–H and O–H groups in total. The van der Waals surface area contributed by atoms with E-state index in [9.17, 15) is 4.79 Å². The lowest BCUT2D eigenvalue weighted by Gasteiger charge is -2.09. The number of amides is 1. The van der Waals surface area contributed by atoms with Crippen molar-refractivity contribution in [3.05, 3.63) is 57.6 Å². The third-order valence-electron chi connectivity index (χ3n) is 3.56. The van der Waals surface area contributed by atoms with Crippen molar-refractivity contribution in [3.8, 4) is 11.5 Å². The Morgan fingerprint density at radius 1 is 1.08 bits per heavy atom. The molecule has 2 aromatic carbocycles. The standard InChI is InChI=1S/C17H16Cl2N2O3/c18-13-5-4-11(8-14(13)19)17(22)21-7-6-20-9-12-2-1-3-15-16(12)24-10-23-15/h1-5,8,20H,6-7,9-10H2,(H,21,22). The van der Waals surface area contributed by atoms with E-state index < -0.39 is 0 Å². The fourth-order valence-electron chi connectivity index (χ4n) is 2.36. The summed E-state index contributed by atoms with van der Waals surface area (Å²) >= 11 is 11.7. The Balaban J connectivity index is 1.43. The second kappa shape index (κ2) is 7.75. The first-order valence-corrected chi connectivity index (χ1v) is 8.22. The zero-order chi connectivity index (χ0) is 16.9. The summed E-state index contributed by atoms with van der Waals surface area (Å²) in [6.07, 6.45) is 0. The average molecular weight is 367 g/mol. The van der Waals surface area contributed by atoms with Crippen LogP contribution in [0.15, 0.2) is 36.4 Å². The Hall–Kier alpha value is -1.95. The van der Waals surface area contributed by atoms with Crippen LogP contribution in [0.25, 0.3) is 0 Å². The van der Waals surface area contributed by atoms with Gasteiger partial charge >= 0.3 is 0 Å². The lowest BCUT2D eigenvalue weighted by Crippen LogP contribution is -2.31. The molecule has 1 aliphatic rings. The molecule has 0 saturated carbocycles. The highest BCUT2D eigenvalue weighted by molar-refractivity contribution is 6.42. The van der Waals surface area contributed by atoms with Crippen LogP contribution < -0.4 is 20.1 Å². The fraction of sp³-hybridized carbons (Fsp3) is 0.235. The van der Waals surface area contributed by atoms with Gasteiger partial charge in [0.2, 0.25) is 6.79 Å². The molecule has 0 spiro atoms. The Morgan fingerprint density at radius 2 is 1.96 bits per heavy atom. The maximum Gasteiger partial charge on any atom is 0.251 e. The highest BCUT2D eigenvalue weighted by Crippen LogP contribution is 2.35. The third kappa shape index (κ3) is 3.93. The minimum Gasteiger partial charge on any atom is -0.454 e. The lowest BCUT2D eigenvalue weighted by molar-refractivity contribution is 0.0954. The van der Waals surface area contributed by atoms with E-state index in [1.807, 2.05) is 18.2 Å². The van der Waals surface area contributed by atoms with Crippen LogP contribution in [0.3, 0.4) is 0 Å². The maximum absolute atomic E-state index is 12.0. The zero-order valence-electron chi connectivity index (χ0n) is 12.8. The van der Waals surface area contributed by atoms with Crippen molar-refractivity contribution in [2.45, 2.75) is 6.54 Å². The maximum atomic E-state index is 12.0. The molecular formula is C17H16Cl2N2O3. The number of hydrogen-bond donors (Lipinski definition) is 2. The zero-order valence-corrected chi connectivity index (χ0v) is 14.3. The van der Waals surface area contributed by atoms with Gasteiger partial charge in [0.1, 0.15) is 0 Å². The van der Waals surface area contributed by atoms with Gasteiger partial charge in [0.15, 0.2) is 11.5 Å². The molecule has 2 aromatic rings. The predicted octanol–water partition coefficient (Wildman–Crippen LogP) is 3.24. The fourth-order valence-corrected chi connectivity index (χ4v) is 2.65. The molecule has 7 heteroatoms. The summed E-state index contributed by atoms with van der Waals surface area (Å²) in [5.41, 5.74) is 1.51. The highest BCUT2D eigenvalue weighted by Gasteiger charge is 2.16. The monoisotopic (exact) mass is 366 g/mol. The molecule has 126 valence electrons. The number of rotatable bonds is 6. The molecular weight excluding hydrogens is 351 g/mol. The number of nitrogens with one attached hydrogen (secondary N) is 2. The summed E-state index contributed by atoms with van der Waals surface area (Å²) in [6, 6.07) is 10.6. The van der Waals surface area contributed by atoms with Crippen LogP contribution in [0.2, 0.25) is 10.0 Å². The van der Waals surface area contributed by atoms with E-state index in [0.29, 0.717) is 35.2 Å². The molecule has 0 bridgehead atoms. The first-order valence-electron chi connectivity index (χ1n) is 7.46. The van der Waals surface area contributed by atoms with Crippen molar-refractivity contribution in [3.63, 3.8) is 0 Å². The lowest BCUT2D eigenvalue weighted by atomic mass is 10.2. The Morgan fingerprint density at radius 3 is 2.79 bits per heavy atom. The molecule has 0 radical (unpaired) electrons. The quantitative estimate of drug-likeness (QED) is 0.770. The van der Waals surface area contributed by atoms with Crippen LogP contribution >= 0.6 is 23.2 Å². The molecule has 1 heterocycles. The SMILES string of the molecule is O=C(NCCNCc1cccc2c1OCO2)c1ccc(Cl)c(Cl)c1. The first kappa shape index (κ1) is 16.9. The normalized spacial score (nSPS) is 12.2. The van der Waals surface area contributed by atoms with Gasteiger partial charge in [0, 0.05) is 30.8 Å². The number of carbonyl (C=O) groups is 1. The van der Waals surface area contributed by atoms with Gasteiger partial charge in [-0.2, -0.15) is 0 Å². The van der Waals surface area contributed by atoms with Crippen molar-refractivity contribution in [1.29, 1.82) is 0 Å². The van der Waals surface area contributed by atoms with E-state index in [4.69, 9.17) is 32.7 Å². The van der Waals surface area contributed by atoms with Crippen molar-refractivity contribution in [2.24, 2.45) is 0 Å². The molecule has 0 unspecified atom stereocenters. The summed E-state index contributed by atoms with van der Waals surface area (Å²) in [5.74, 6) is 1.36. The number of ether oxygens (including phenoxy) is 2. The van der Waals surface area contributed by atoms with Gasteiger partial charge in [-0.15, -0.1) is 0 Å². The largest absolute Gasteiger partial charge is 0.454 e. The van der Waals surface area contributed by atoms with Gasteiger partial charge in [-0.1, -0.05) is 35.3 Å². The number of hydrogen-bond acceptors (Lipinski definition) is 4. The van der Waals surface area contributed by atoms with Crippen molar-refractivity contribution >= 4 is 29.1 Å². The number of para-hydroxylation sites is 1. The first-order chi connectivity index (χ1) is 11.6. The molecule has 1 aliphatic heterocycles. The minimum absolute atomic E-state index is 0.187. The van der Waals surface area contributed by atoms with Gasteiger partial charge in [-0.3, -0.25) is 4.79 Å². The predicted molar refractivity (Wildman–Crippen MR) is 93.1 cm³/mol. The summed E-state index contributed by atoms with van der Waals surface area (Å²) in [4.78, 5) is 12.0. The molecule has 0 saturated heterocycles. The molecule has 3 rings (SSSR count). The van der Waals surface area contributed by atoms with E-state index in [1.165, 1.54) is 0 Å². The second-order valence-corrected chi connectivity index (χ2v) is 6.03. The molecule has 5 nitrogen and oxygen atoms in total. The molecule has 1 amide bonds. The summed E-state index contributed by atoms with van der Waals surface area (Å²) < 4.78 is 10.8. The van der Waals surface area contributed by atoms with Crippen molar-refractivity contribution < 1.29 is 14.3 Å². The third-order valence-corrected chi connectivity index (χ3v) is 4.30. The Bertz CT molecular complexity index is 753. The van der Waals surface area contributed by atoms with Crippen LogP contribution in [-0.4, -0.2) is 25.8 Å². The average Bonchev–Trinajstić information content (AvgIpc) is 3.06. The molecule has 0 aliphatic carbocycles. The van der Waals surface area contributed by atoms with Crippen LogP contribution in [0.4, 0.5) is 0 Å². The second-order valence-electron chi connectivity index (χ2n) is 5.21. The van der Waals surface area contributed by atoms with Crippen LogP contribution in [0.1, 0.15) is 15.9 Å². The van der Waals surface area contributed by atoms with E-state index in [0.717, 1.165) is 17.1 Å².